The van der Waals surface area contributed by atoms with E-state index in [4.69, 9.17) is 4.74 Å². The molecule has 0 aromatic heterocycles. The normalized spacial score (nSPS) is 10.2. The first kappa shape index (κ1) is 20.7. The monoisotopic (exact) mass is 328 g/mol. The van der Waals surface area contributed by atoms with Crippen LogP contribution in [0.1, 0.15) is 46.1 Å². The second-order valence-electron chi connectivity index (χ2n) is 5.56. The highest BCUT2D eigenvalue weighted by Gasteiger charge is 2.06. The average Bonchev–Trinajstić information content (AvgIpc) is 2.40. The van der Waals surface area contributed by atoms with Crippen molar-refractivity contribution in [2.24, 2.45) is 0 Å². The van der Waals surface area contributed by atoms with Crippen molar-refractivity contribution in [1.29, 1.82) is 0 Å². The number of ether oxygens (including phenoxy) is 1. The topological polar surface area (TPSA) is 50.4 Å². The molecule has 0 atom stereocenters. The molecular formula is C17H29ClN2O2. The van der Waals surface area contributed by atoms with Crippen LogP contribution in [0.5, 0.6) is 5.75 Å². The first-order valence-electron chi connectivity index (χ1n) is 7.79. The number of hydrogen-bond acceptors (Lipinski definition) is 3. The fourth-order valence-corrected chi connectivity index (χ4v) is 2.11. The van der Waals surface area contributed by atoms with Gasteiger partial charge >= 0.3 is 0 Å². The lowest BCUT2D eigenvalue weighted by molar-refractivity contribution is -0.114. The number of halogens is 1. The van der Waals surface area contributed by atoms with E-state index in [9.17, 15) is 4.79 Å². The van der Waals surface area contributed by atoms with Gasteiger partial charge in [-0.2, -0.15) is 0 Å². The summed E-state index contributed by atoms with van der Waals surface area (Å²) >= 11 is 0. The zero-order chi connectivity index (χ0) is 15.7. The summed E-state index contributed by atoms with van der Waals surface area (Å²) in [4.78, 5) is 11.1. The van der Waals surface area contributed by atoms with E-state index in [1.165, 1.54) is 6.92 Å². The van der Waals surface area contributed by atoms with Crippen molar-refractivity contribution in [1.82, 2.24) is 5.32 Å². The number of carbonyl (C=O) groups excluding carboxylic acids is 1. The van der Waals surface area contributed by atoms with Gasteiger partial charge in [0.15, 0.2) is 0 Å². The van der Waals surface area contributed by atoms with E-state index >= 15 is 0 Å². The quantitative estimate of drug-likeness (QED) is 0.678. The van der Waals surface area contributed by atoms with Gasteiger partial charge in [-0.05, 0) is 43.1 Å². The van der Waals surface area contributed by atoms with Gasteiger partial charge in [-0.3, -0.25) is 4.79 Å². The molecule has 0 aliphatic carbocycles. The van der Waals surface area contributed by atoms with Gasteiger partial charge in [-0.15, -0.1) is 12.4 Å². The first-order valence-corrected chi connectivity index (χ1v) is 7.79. The van der Waals surface area contributed by atoms with Gasteiger partial charge < -0.3 is 15.4 Å². The highest BCUT2D eigenvalue weighted by Crippen LogP contribution is 2.24. The number of anilines is 1. The van der Waals surface area contributed by atoms with E-state index < -0.39 is 0 Å². The number of amides is 1. The van der Waals surface area contributed by atoms with E-state index in [-0.39, 0.29) is 18.3 Å². The molecule has 0 fully saturated rings. The summed E-state index contributed by atoms with van der Waals surface area (Å²) in [5, 5.41) is 6.19. The van der Waals surface area contributed by atoms with Gasteiger partial charge in [0.1, 0.15) is 5.75 Å². The smallest absolute Gasteiger partial charge is 0.221 e. The second-order valence-corrected chi connectivity index (χ2v) is 5.56. The maximum atomic E-state index is 11.1. The van der Waals surface area contributed by atoms with Crippen LogP contribution >= 0.6 is 12.4 Å². The molecule has 4 nitrogen and oxygen atoms in total. The summed E-state index contributed by atoms with van der Waals surface area (Å²) in [7, 11) is 0. The van der Waals surface area contributed by atoms with Crippen LogP contribution in [0.2, 0.25) is 0 Å². The van der Waals surface area contributed by atoms with Crippen LogP contribution in [0.3, 0.4) is 0 Å². The van der Waals surface area contributed by atoms with Gasteiger partial charge in [-0.25, -0.2) is 0 Å². The summed E-state index contributed by atoms with van der Waals surface area (Å²) < 4.78 is 5.88. The lowest BCUT2D eigenvalue weighted by Crippen LogP contribution is -2.24. The summed E-state index contributed by atoms with van der Waals surface area (Å²) in [6.45, 7) is 9.61. The molecule has 0 heterocycles. The van der Waals surface area contributed by atoms with Crippen molar-refractivity contribution in [2.75, 3.05) is 18.5 Å². The first-order chi connectivity index (χ1) is 10.0. The van der Waals surface area contributed by atoms with Crippen molar-refractivity contribution in [2.45, 2.75) is 53.0 Å². The van der Waals surface area contributed by atoms with Crippen LogP contribution in [-0.4, -0.2) is 25.1 Å². The molecular weight excluding hydrogens is 300 g/mol. The van der Waals surface area contributed by atoms with Gasteiger partial charge in [0.05, 0.1) is 6.61 Å². The Balaban J connectivity index is 0.00000441. The molecule has 0 saturated carbocycles. The molecule has 0 aliphatic heterocycles. The summed E-state index contributed by atoms with van der Waals surface area (Å²) in [5.74, 6) is 0.876. The fourth-order valence-electron chi connectivity index (χ4n) is 2.11. The minimum atomic E-state index is -0.0501. The Labute approximate surface area is 140 Å². The van der Waals surface area contributed by atoms with Gasteiger partial charge in [-0.1, -0.05) is 27.2 Å². The number of aryl methyl sites for hydroxylation is 1. The zero-order valence-electron chi connectivity index (χ0n) is 14.1. The molecule has 1 amide bonds. The number of hydrogen-bond donors (Lipinski definition) is 2. The van der Waals surface area contributed by atoms with E-state index in [2.05, 4.69) is 31.4 Å². The fraction of sp³-hybridized carbons (Fsp3) is 0.588. The van der Waals surface area contributed by atoms with E-state index in [0.29, 0.717) is 12.6 Å². The summed E-state index contributed by atoms with van der Waals surface area (Å²) in [6, 6.07) is 6.36. The second kappa shape index (κ2) is 11.3. The Morgan fingerprint density at radius 1 is 1.32 bits per heavy atom. The lowest BCUT2D eigenvalue weighted by Gasteiger charge is -2.14. The van der Waals surface area contributed by atoms with Crippen LogP contribution in [0.4, 0.5) is 5.69 Å². The molecule has 1 aromatic carbocycles. The predicted octanol–water partition coefficient (Wildman–Crippen LogP) is 3.79. The van der Waals surface area contributed by atoms with E-state index in [1.54, 1.807) is 0 Å². The van der Waals surface area contributed by atoms with Gasteiger partial charge in [0, 0.05) is 18.7 Å². The Morgan fingerprint density at radius 3 is 2.64 bits per heavy atom. The van der Waals surface area contributed by atoms with Crippen LogP contribution in [0.25, 0.3) is 0 Å². The Morgan fingerprint density at radius 2 is 2.05 bits per heavy atom. The third-order valence-corrected chi connectivity index (χ3v) is 3.03. The number of nitrogens with one attached hydrogen (secondary N) is 2. The Bertz CT molecular complexity index is 450. The molecule has 0 spiro atoms. The third-order valence-electron chi connectivity index (χ3n) is 3.03. The molecule has 126 valence electrons. The molecule has 2 N–H and O–H groups in total. The van der Waals surface area contributed by atoms with Crippen LogP contribution in [-0.2, 0) is 11.2 Å². The highest BCUT2D eigenvalue weighted by atomic mass is 35.5. The maximum absolute atomic E-state index is 11.1. The summed E-state index contributed by atoms with van der Waals surface area (Å²) in [6.07, 6.45) is 2.99. The van der Waals surface area contributed by atoms with Crippen LogP contribution in [0, 0.1) is 0 Å². The molecule has 1 aromatic rings. The van der Waals surface area contributed by atoms with E-state index in [0.717, 1.165) is 42.8 Å². The van der Waals surface area contributed by atoms with Crippen LogP contribution in [0.15, 0.2) is 18.2 Å². The van der Waals surface area contributed by atoms with E-state index in [1.807, 2.05) is 18.2 Å². The molecule has 0 bridgehead atoms. The minimum Gasteiger partial charge on any atom is -0.493 e. The van der Waals surface area contributed by atoms with Crippen molar-refractivity contribution in [3.8, 4) is 5.75 Å². The Hall–Kier alpha value is -1.26. The number of rotatable bonds is 9. The standard InChI is InChI=1S/C17H28N2O2.ClH/c1-5-7-15-12-16(19-14(4)20)8-9-17(15)21-11-6-10-18-13(2)3;/h8-9,12-13,18H,5-7,10-11H2,1-4H3,(H,19,20);1H. The van der Waals surface area contributed by atoms with Crippen molar-refractivity contribution in [3.63, 3.8) is 0 Å². The Kier molecular flexibility index (Phi) is 10.7. The largest absolute Gasteiger partial charge is 0.493 e. The van der Waals surface area contributed by atoms with Crippen molar-refractivity contribution >= 4 is 24.0 Å². The molecule has 0 saturated heterocycles. The zero-order valence-corrected chi connectivity index (χ0v) is 14.9. The van der Waals surface area contributed by atoms with Gasteiger partial charge in [0.25, 0.3) is 0 Å². The minimum absolute atomic E-state index is 0. The van der Waals surface area contributed by atoms with Crippen LogP contribution < -0.4 is 15.4 Å². The number of benzene rings is 1. The lowest BCUT2D eigenvalue weighted by atomic mass is 10.1. The third kappa shape index (κ3) is 8.25. The van der Waals surface area contributed by atoms with Gasteiger partial charge in [0.2, 0.25) is 5.91 Å². The average molecular weight is 329 g/mol. The number of carbonyl (C=O) groups is 1. The molecule has 0 aliphatic rings. The van der Waals surface area contributed by atoms with Crippen molar-refractivity contribution < 1.29 is 9.53 Å². The molecule has 0 unspecified atom stereocenters. The molecule has 22 heavy (non-hydrogen) atoms. The molecule has 1 rings (SSSR count). The molecule has 0 radical (unpaired) electrons. The molecule has 5 heteroatoms. The van der Waals surface area contributed by atoms with Crippen molar-refractivity contribution in [3.05, 3.63) is 23.8 Å². The highest BCUT2D eigenvalue weighted by molar-refractivity contribution is 5.88. The maximum Gasteiger partial charge on any atom is 0.221 e. The summed E-state index contributed by atoms with van der Waals surface area (Å²) in [5.41, 5.74) is 1.99. The SMILES string of the molecule is CCCc1cc(NC(C)=O)ccc1OCCCNC(C)C.Cl. The predicted molar refractivity (Wildman–Crippen MR) is 95.2 cm³/mol.